The van der Waals surface area contributed by atoms with Crippen LogP contribution in [-0.2, 0) is 0 Å². The average Bonchev–Trinajstić information content (AvgIpc) is 2.74. The van der Waals surface area contributed by atoms with Crippen LogP contribution in [0.25, 0.3) is 11.3 Å². The minimum absolute atomic E-state index is 0.0625. The summed E-state index contributed by atoms with van der Waals surface area (Å²) in [5.74, 6) is -1.44. The smallest absolute Gasteiger partial charge is 0.418 e. The third-order valence-corrected chi connectivity index (χ3v) is 4.63. The number of aliphatic hydroxyl groups excluding tert-OH is 1. The number of aliphatic hydroxyl groups is 1. The van der Waals surface area contributed by atoms with Crippen LogP contribution >= 0.6 is 0 Å². The molecule has 2 heterocycles. The summed E-state index contributed by atoms with van der Waals surface area (Å²) in [6.07, 6.45) is -5.88. The van der Waals surface area contributed by atoms with Crippen molar-refractivity contribution in [2.45, 2.75) is 25.2 Å². The van der Waals surface area contributed by atoms with E-state index < -0.39 is 41.2 Å². The first-order valence-electron chi connectivity index (χ1n) is 9.20. The highest BCUT2D eigenvalue weighted by Gasteiger charge is 2.39. The standard InChI is InChI=1S/C21H17F4N3O4/c1-11(12-2-5-18(29)28(32)10-12)27-20(31)15-7-13(17-4-3-16(22)9-26-17)6-14(8-15)19(30)21(23,24)25/h2-11,19,30,32H,1H3,(H,27,31)/t11-,19?/m1/s1. The molecular formula is C21H17F4N3O4. The second-order valence-electron chi connectivity index (χ2n) is 6.99. The lowest BCUT2D eigenvalue weighted by molar-refractivity contribution is -0.206. The quantitative estimate of drug-likeness (QED) is 0.408. The lowest BCUT2D eigenvalue weighted by Gasteiger charge is -2.18. The Labute approximate surface area is 178 Å². The van der Waals surface area contributed by atoms with E-state index in [1.165, 1.54) is 25.1 Å². The summed E-state index contributed by atoms with van der Waals surface area (Å²) in [7, 11) is 0. The number of hydrogen-bond acceptors (Lipinski definition) is 5. The Kier molecular flexibility index (Phi) is 6.30. The summed E-state index contributed by atoms with van der Waals surface area (Å²) >= 11 is 0. The summed E-state index contributed by atoms with van der Waals surface area (Å²) in [5.41, 5.74) is -0.978. The number of amides is 1. The molecule has 0 fully saturated rings. The van der Waals surface area contributed by atoms with Gasteiger partial charge >= 0.3 is 6.18 Å². The Morgan fingerprint density at radius 2 is 1.84 bits per heavy atom. The number of rotatable bonds is 5. The van der Waals surface area contributed by atoms with Gasteiger partial charge < -0.3 is 15.6 Å². The third kappa shape index (κ3) is 5.11. The van der Waals surface area contributed by atoms with Gasteiger partial charge in [0.1, 0.15) is 5.82 Å². The number of nitrogens with zero attached hydrogens (tertiary/aromatic N) is 2. The van der Waals surface area contributed by atoms with Gasteiger partial charge in [-0.2, -0.15) is 17.9 Å². The number of nitrogens with one attached hydrogen (secondary N) is 1. The largest absolute Gasteiger partial charge is 0.425 e. The molecule has 0 aliphatic heterocycles. The van der Waals surface area contributed by atoms with E-state index >= 15 is 0 Å². The summed E-state index contributed by atoms with van der Waals surface area (Å²) in [6, 6.07) is 7.16. The molecule has 1 amide bonds. The van der Waals surface area contributed by atoms with Gasteiger partial charge in [-0.05, 0) is 54.4 Å². The van der Waals surface area contributed by atoms with Gasteiger partial charge in [-0.15, -0.1) is 0 Å². The summed E-state index contributed by atoms with van der Waals surface area (Å²) < 4.78 is 52.8. The molecule has 3 aromatic rings. The van der Waals surface area contributed by atoms with E-state index in [4.69, 9.17) is 0 Å². The molecule has 0 aliphatic rings. The molecule has 0 spiro atoms. The van der Waals surface area contributed by atoms with Crippen LogP contribution in [0.5, 0.6) is 0 Å². The lowest BCUT2D eigenvalue weighted by atomic mass is 9.98. The van der Waals surface area contributed by atoms with Crippen LogP contribution in [0.2, 0.25) is 0 Å². The van der Waals surface area contributed by atoms with Crippen molar-refractivity contribution >= 4 is 5.91 Å². The second kappa shape index (κ2) is 8.79. The van der Waals surface area contributed by atoms with Crippen LogP contribution in [0.4, 0.5) is 17.6 Å². The number of carbonyl (C=O) groups excluding carboxylic acids is 1. The maximum absolute atomic E-state index is 13.2. The number of benzene rings is 1. The van der Waals surface area contributed by atoms with Crippen molar-refractivity contribution in [3.05, 3.63) is 87.7 Å². The van der Waals surface area contributed by atoms with Crippen LogP contribution < -0.4 is 10.9 Å². The van der Waals surface area contributed by atoms with Gasteiger partial charge in [0, 0.05) is 17.2 Å². The molecule has 0 bridgehead atoms. The van der Waals surface area contributed by atoms with Crippen LogP contribution in [0.1, 0.15) is 40.6 Å². The Morgan fingerprint density at radius 1 is 1.12 bits per heavy atom. The fourth-order valence-electron chi connectivity index (χ4n) is 2.94. The number of pyridine rings is 2. The van der Waals surface area contributed by atoms with Crippen molar-refractivity contribution in [3.8, 4) is 11.3 Å². The molecule has 0 radical (unpaired) electrons. The number of aromatic nitrogens is 2. The number of carbonyl (C=O) groups is 1. The van der Waals surface area contributed by atoms with Crippen molar-refractivity contribution in [1.82, 2.24) is 15.0 Å². The molecule has 168 valence electrons. The van der Waals surface area contributed by atoms with E-state index in [0.717, 1.165) is 36.7 Å². The van der Waals surface area contributed by atoms with Gasteiger partial charge in [0.25, 0.3) is 11.5 Å². The Bertz CT molecular complexity index is 1190. The van der Waals surface area contributed by atoms with E-state index in [-0.39, 0.29) is 16.8 Å². The molecule has 2 atom stereocenters. The van der Waals surface area contributed by atoms with Crippen LogP contribution in [0, 0.1) is 5.82 Å². The van der Waals surface area contributed by atoms with Gasteiger partial charge in [0.15, 0.2) is 6.10 Å². The van der Waals surface area contributed by atoms with Gasteiger partial charge in [-0.3, -0.25) is 14.6 Å². The molecule has 0 aliphatic carbocycles. The first kappa shape index (κ1) is 22.9. The molecule has 11 heteroatoms. The highest BCUT2D eigenvalue weighted by molar-refractivity contribution is 5.96. The molecule has 0 saturated heterocycles. The molecule has 3 N–H and O–H groups in total. The summed E-state index contributed by atoms with van der Waals surface area (Å²) in [4.78, 5) is 27.9. The molecule has 2 aromatic heterocycles. The molecule has 0 saturated carbocycles. The van der Waals surface area contributed by atoms with Crippen molar-refractivity contribution in [2.75, 3.05) is 0 Å². The number of halogens is 4. The predicted molar refractivity (Wildman–Crippen MR) is 104 cm³/mol. The van der Waals surface area contributed by atoms with E-state index in [0.29, 0.717) is 10.3 Å². The fourth-order valence-corrected chi connectivity index (χ4v) is 2.94. The molecule has 3 rings (SSSR count). The summed E-state index contributed by atoms with van der Waals surface area (Å²) in [6.45, 7) is 1.54. The molecule has 1 unspecified atom stereocenters. The van der Waals surface area contributed by atoms with E-state index in [1.807, 2.05) is 0 Å². The molecule has 7 nitrogen and oxygen atoms in total. The van der Waals surface area contributed by atoms with Crippen molar-refractivity contribution in [3.63, 3.8) is 0 Å². The van der Waals surface area contributed by atoms with Gasteiger partial charge in [0.05, 0.1) is 24.1 Å². The van der Waals surface area contributed by atoms with E-state index in [1.54, 1.807) is 0 Å². The molecule has 1 aromatic carbocycles. The van der Waals surface area contributed by atoms with Crippen LogP contribution in [0.3, 0.4) is 0 Å². The Morgan fingerprint density at radius 3 is 2.44 bits per heavy atom. The SMILES string of the molecule is C[C@@H](NC(=O)c1cc(-c2ccc(F)cn2)cc(C(O)C(F)(F)F)c1)c1ccc(=O)n(O)c1. The van der Waals surface area contributed by atoms with Crippen molar-refractivity contribution < 1.29 is 32.7 Å². The van der Waals surface area contributed by atoms with Crippen LogP contribution in [0.15, 0.2) is 59.7 Å². The topological polar surface area (TPSA) is 104 Å². The first-order chi connectivity index (χ1) is 15.0. The van der Waals surface area contributed by atoms with Crippen LogP contribution in [-0.4, -0.2) is 32.1 Å². The first-order valence-corrected chi connectivity index (χ1v) is 9.20. The Hall–Kier alpha value is -3.73. The lowest BCUT2D eigenvalue weighted by Crippen LogP contribution is -2.28. The zero-order valence-electron chi connectivity index (χ0n) is 16.5. The number of alkyl halides is 3. The van der Waals surface area contributed by atoms with Gasteiger partial charge in [-0.1, -0.05) is 0 Å². The zero-order chi connectivity index (χ0) is 23.6. The summed E-state index contributed by atoms with van der Waals surface area (Å²) in [5, 5.41) is 21.7. The minimum atomic E-state index is -4.98. The highest BCUT2D eigenvalue weighted by Crippen LogP contribution is 2.35. The monoisotopic (exact) mass is 451 g/mol. The normalized spacial score (nSPS) is 13.4. The van der Waals surface area contributed by atoms with Crippen molar-refractivity contribution in [1.29, 1.82) is 0 Å². The van der Waals surface area contributed by atoms with Gasteiger partial charge in [0.2, 0.25) is 0 Å². The average molecular weight is 451 g/mol. The maximum Gasteiger partial charge on any atom is 0.418 e. The van der Waals surface area contributed by atoms with Gasteiger partial charge in [-0.25, -0.2) is 4.39 Å². The zero-order valence-corrected chi connectivity index (χ0v) is 16.5. The van der Waals surface area contributed by atoms with Crippen molar-refractivity contribution in [2.24, 2.45) is 0 Å². The maximum atomic E-state index is 13.2. The minimum Gasteiger partial charge on any atom is -0.425 e. The third-order valence-electron chi connectivity index (χ3n) is 4.63. The predicted octanol–water partition coefficient (Wildman–Crippen LogP) is 3.37. The number of hydrogen-bond donors (Lipinski definition) is 3. The molecule has 32 heavy (non-hydrogen) atoms. The Balaban J connectivity index is 1.98. The van der Waals surface area contributed by atoms with E-state index in [9.17, 15) is 37.5 Å². The highest BCUT2D eigenvalue weighted by atomic mass is 19.4. The fraction of sp³-hybridized carbons (Fsp3) is 0.190. The molecular weight excluding hydrogens is 434 g/mol. The second-order valence-corrected chi connectivity index (χ2v) is 6.99. The van der Waals surface area contributed by atoms with E-state index in [2.05, 4.69) is 10.3 Å².